The normalized spacial score (nSPS) is 53.3. The van der Waals surface area contributed by atoms with Crippen LogP contribution in [-0.4, -0.2) is 18.7 Å². The molecule has 6 unspecified atom stereocenters. The van der Waals surface area contributed by atoms with Gasteiger partial charge in [0.1, 0.15) is 0 Å². The molecule has 0 heterocycles. The van der Waals surface area contributed by atoms with Gasteiger partial charge in [0.25, 0.3) is 10.1 Å². The van der Waals surface area contributed by atoms with E-state index < -0.39 is 10.1 Å². The summed E-state index contributed by atoms with van der Waals surface area (Å²) in [6, 6.07) is 0. The van der Waals surface area contributed by atoms with Crippen molar-refractivity contribution >= 4 is 10.1 Å². The van der Waals surface area contributed by atoms with Crippen molar-refractivity contribution in [2.45, 2.75) is 51.9 Å². The first-order valence-corrected chi connectivity index (χ1v) is 9.91. The van der Waals surface area contributed by atoms with Gasteiger partial charge < -0.3 is 0 Å². The van der Waals surface area contributed by atoms with E-state index in [0.717, 1.165) is 35.5 Å². The SMILES string of the molecule is CC1(CCS(=O)(=O)O)CC2CC(C1)C1C3CCC(C3)C21. The molecule has 114 valence electrons. The zero-order valence-corrected chi connectivity index (χ0v) is 13.1. The molecule has 0 saturated heterocycles. The Kier molecular flexibility index (Phi) is 2.86. The third-order valence-electron chi connectivity index (χ3n) is 7.21. The lowest BCUT2D eigenvalue weighted by Gasteiger charge is -2.39. The third-order valence-corrected chi connectivity index (χ3v) is 7.93. The molecule has 3 nitrogen and oxygen atoms in total. The molecule has 4 rings (SSSR count). The molecule has 20 heavy (non-hydrogen) atoms. The van der Waals surface area contributed by atoms with Gasteiger partial charge in [-0.1, -0.05) is 6.92 Å². The summed E-state index contributed by atoms with van der Waals surface area (Å²) in [5, 5.41) is 0. The Labute approximate surface area is 122 Å². The molecule has 4 bridgehead atoms. The second kappa shape index (κ2) is 4.22. The summed E-state index contributed by atoms with van der Waals surface area (Å²) >= 11 is 0. The molecule has 1 N–H and O–H groups in total. The molecule has 0 aromatic carbocycles. The van der Waals surface area contributed by atoms with Crippen molar-refractivity contribution in [3.63, 3.8) is 0 Å². The molecule has 0 amide bonds. The van der Waals surface area contributed by atoms with Crippen molar-refractivity contribution in [2.75, 3.05) is 5.75 Å². The van der Waals surface area contributed by atoms with Gasteiger partial charge in [-0.2, -0.15) is 8.42 Å². The van der Waals surface area contributed by atoms with E-state index in [-0.39, 0.29) is 11.2 Å². The molecule has 0 radical (unpaired) electrons. The zero-order chi connectivity index (χ0) is 14.1. The fourth-order valence-corrected chi connectivity index (χ4v) is 7.60. The molecule has 4 heteroatoms. The summed E-state index contributed by atoms with van der Waals surface area (Å²) in [7, 11) is -3.80. The maximum absolute atomic E-state index is 11.1. The third kappa shape index (κ3) is 2.06. The summed E-state index contributed by atoms with van der Waals surface area (Å²) in [5.41, 5.74) is 0.146. The first-order valence-electron chi connectivity index (χ1n) is 8.30. The standard InChI is InChI=1S/C16H26O3S/c1-16(4-5-20(17,18)19)8-12-7-13(9-16)15-11-3-2-10(6-11)14(12)15/h10-15H,2-9H2,1H3,(H,17,18,19). The Morgan fingerprint density at radius 2 is 1.50 bits per heavy atom. The highest BCUT2D eigenvalue weighted by Gasteiger charge is 2.60. The largest absolute Gasteiger partial charge is 0.286 e. The summed E-state index contributed by atoms with van der Waals surface area (Å²) in [6.07, 6.45) is 8.85. The van der Waals surface area contributed by atoms with Gasteiger partial charge in [-0.15, -0.1) is 0 Å². The van der Waals surface area contributed by atoms with Crippen LogP contribution >= 0.6 is 0 Å². The van der Waals surface area contributed by atoms with Gasteiger partial charge in [0.05, 0.1) is 5.75 Å². The smallest absolute Gasteiger partial charge is 0.264 e. The Hall–Kier alpha value is -0.0900. The lowest BCUT2D eigenvalue weighted by molar-refractivity contribution is 0.122. The Morgan fingerprint density at radius 1 is 1.00 bits per heavy atom. The summed E-state index contributed by atoms with van der Waals surface area (Å²) in [6.45, 7) is 2.26. The Morgan fingerprint density at radius 3 is 2.00 bits per heavy atom. The lowest BCUT2D eigenvalue weighted by Crippen LogP contribution is -2.30. The van der Waals surface area contributed by atoms with E-state index >= 15 is 0 Å². The van der Waals surface area contributed by atoms with Crippen LogP contribution in [0.25, 0.3) is 0 Å². The number of hydrogen-bond acceptors (Lipinski definition) is 2. The molecule has 0 aromatic rings. The van der Waals surface area contributed by atoms with E-state index in [1.165, 1.54) is 38.5 Å². The molecule has 4 fully saturated rings. The average molecular weight is 298 g/mol. The highest BCUT2D eigenvalue weighted by Crippen LogP contribution is 2.68. The maximum atomic E-state index is 11.1. The van der Waals surface area contributed by atoms with E-state index in [0.29, 0.717) is 6.42 Å². The zero-order valence-electron chi connectivity index (χ0n) is 12.3. The predicted octanol–water partition coefficient (Wildman–Crippen LogP) is 3.36. The van der Waals surface area contributed by atoms with E-state index in [4.69, 9.17) is 4.55 Å². The van der Waals surface area contributed by atoms with Gasteiger partial charge in [0, 0.05) is 0 Å². The van der Waals surface area contributed by atoms with Crippen LogP contribution < -0.4 is 0 Å². The van der Waals surface area contributed by atoms with E-state index in [2.05, 4.69) is 6.92 Å². The minimum absolute atomic E-state index is 0.0505. The van der Waals surface area contributed by atoms with Crippen LogP contribution in [0.4, 0.5) is 0 Å². The number of rotatable bonds is 3. The van der Waals surface area contributed by atoms with Crippen LogP contribution in [0, 0.1) is 40.9 Å². The summed E-state index contributed by atoms with van der Waals surface area (Å²) in [4.78, 5) is 0. The van der Waals surface area contributed by atoms with Gasteiger partial charge in [-0.25, -0.2) is 0 Å². The number of fused-ring (bicyclic) bond motifs is 9. The second-order valence-electron chi connectivity index (χ2n) is 8.50. The quantitative estimate of drug-likeness (QED) is 0.642. The fraction of sp³-hybridized carbons (Fsp3) is 1.00. The van der Waals surface area contributed by atoms with E-state index in [1.54, 1.807) is 0 Å². The Bertz CT molecular complexity index is 488. The van der Waals surface area contributed by atoms with Crippen LogP contribution in [0.1, 0.15) is 51.9 Å². The van der Waals surface area contributed by atoms with E-state index in [1.807, 2.05) is 0 Å². The van der Waals surface area contributed by atoms with Crippen molar-refractivity contribution in [3.05, 3.63) is 0 Å². The summed E-state index contributed by atoms with van der Waals surface area (Å²) in [5.74, 6) is 5.55. The first kappa shape index (κ1) is 13.6. The van der Waals surface area contributed by atoms with Gasteiger partial charge in [0.2, 0.25) is 0 Å². The molecule has 4 aliphatic carbocycles. The lowest BCUT2D eigenvalue weighted by atomic mass is 9.67. The monoisotopic (exact) mass is 298 g/mol. The minimum Gasteiger partial charge on any atom is -0.286 e. The molecular formula is C16H26O3S. The van der Waals surface area contributed by atoms with Crippen LogP contribution in [-0.2, 0) is 10.1 Å². The van der Waals surface area contributed by atoms with Crippen molar-refractivity contribution in [3.8, 4) is 0 Å². The first-order chi connectivity index (χ1) is 9.35. The van der Waals surface area contributed by atoms with Crippen molar-refractivity contribution in [1.29, 1.82) is 0 Å². The Balaban J connectivity index is 1.52. The molecule has 0 aliphatic heterocycles. The predicted molar refractivity (Wildman–Crippen MR) is 77.8 cm³/mol. The highest BCUT2D eigenvalue weighted by atomic mass is 32.2. The molecular weight excluding hydrogens is 272 g/mol. The molecule has 0 aromatic heterocycles. The van der Waals surface area contributed by atoms with Gasteiger partial charge >= 0.3 is 0 Å². The average Bonchev–Trinajstić information content (AvgIpc) is 3.00. The van der Waals surface area contributed by atoms with Crippen molar-refractivity contribution < 1.29 is 13.0 Å². The van der Waals surface area contributed by atoms with Crippen molar-refractivity contribution in [1.82, 2.24) is 0 Å². The van der Waals surface area contributed by atoms with E-state index in [9.17, 15) is 8.42 Å². The molecule has 4 aliphatic rings. The minimum atomic E-state index is -3.80. The topological polar surface area (TPSA) is 54.4 Å². The number of hydrogen-bond donors (Lipinski definition) is 1. The van der Waals surface area contributed by atoms with Crippen LogP contribution in [0.3, 0.4) is 0 Å². The van der Waals surface area contributed by atoms with Crippen molar-refractivity contribution in [2.24, 2.45) is 40.9 Å². The van der Waals surface area contributed by atoms with Gasteiger partial charge in [0.15, 0.2) is 0 Å². The fourth-order valence-electron chi connectivity index (χ4n) is 6.85. The van der Waals surface area contributed by atoms with Crippen LogP contribution in [0.15, 0.2) is 0 Å². The molecule has 0 spiro atoms. The maximum Gasteiger partial charge on any atom is 0.264 e. The second-order valence-corrected chi connectivity index (χ2v) is 10.1. The molecule has 6 atom stereocenters. The van der Waals surface area contributed by atoms with Gasteiger partial charge in [-0.05, 0) is 85.9 Å². The highest BCUT2D eigenvalue weighted by molar-refractivity contribution is 7.85. The molecule has 4 saturated carbocycles. The summed E-state index contributed by atoms with van der Waals surface area (Å²) < 4.78 is 31.2. The van der Waals surface area contributed by atoms with Gasteiger partial charge in [-0.3, -0.25) is 4.55 Å². The van der Waals surface area contributed by atoms with Crippen LogP contribution in [0.2, 0.25) is 0 Å². The van der Waals surface area contributed by atoms with Crippen LogP contribution in [0.5, 0.6) is 0 Å².